The van der Waals surface area contributed by atoms with Gasteiger partial charge < -0.3 is 0 Å². The zero-order valence-corrected chi connectivity index (χ0v) is 17.6. The van der Waals surface area contributed by atoms with Crippen LogP contribution in [0.3, 0.4) is 0 Å². The van der Waals surface area contributed by atoms with Crippen molar-refractivity contribution in [2.24, 2.45) is 0 Å². The topological polar surface area (TPSA) is 43.8 Å². The first-order chi connectivity index (χ1) is 13.4. The molecule has 148 valence electrons. The normalized spacial score (nSPS) is 16.6. The third kappa shape index (κ3) is 4.37. The van der Waals surface area contributed by atoms with Gasteiger partial charge in [0.25, 0.3) is 5.91 Å². The Bertz CT molecular complexity index is 873. The lowest BCUT2D eigenvalue weighted by atomic mass is 9.89. The van der Waals surface area contributed by atoms with Crippen LogP contribution >= 0.6 is 34.8 Å². The Labute approximate surface area is 179 Å². The van der Waals surface area contributed by atoms with Crippen molar-refractivity contribution in [3.8, 4) is 0 Å². The first-order valence-electron chi connectivity index (χ1n) is 9.02. The van der Waals surface area contributed by atoms with E-state index in [1.165, 1.54) is 0 Å². The number of carbonyl (C=O) groups excluding carboxylic acids is 1. The van der Waals surface area contributed by atoms with Crippen LogP contribution in [0, 0.1) is 0 Å². The van der Waals surface area contributed by atoms with Gasteiger partial charge in [0, 0.05) is 29.7 Å². The van der Waals surface area contributed by atoms with Gasteiger partial charge in [-0.25, -0.2) is 0 Å². The van der Waals surface area contributed by atoms with Crippen LogP contribution in [0.5, 0.6) is 0 Å². The highest BCUT2D eigenvalue weighted by Gasteiger charge is 2.37. The van der Waals surface area contributed by atoms with Crippen LogP contribution in [0.1, 0.15) is 24.8 Å². The average Bonchev–Trinajstić information content (AvgIpc) is 2.74. The van der Waals surface area contributed by atoms with Gasteiger partial charge in [-0.1, -0.05) is 65.2 Å². The molecule has 0 aromatic heterocycles. The number of para-hydroxylation sites is 1. The van der Waals surface area contributed by atoms with Crippen LogP contribution in [0.2, 0.25) is 15.1 Å². The van der Waals surface area contributed by atoms with E-state index in [0.29, 0.717) is 32.9 Å². The maximum Gasteiger partial charge on any atom is 0.259 e. The standard InChI is InChI=1S/C21H21Cl3N2O2/c1-14(25-12-6-3-7-13-25)18(19-16(22)10-11-17(23)20(19)24)21(27)26(28)15-8-4-2-5-9-15/h2-6,8-11,14,18,28H,7,12-13H2,1H3. The number of hydrogen-bond acceptors (Lipinski definition) is 3. The van der Waals surface area contributed by atoms with E-state index in [9.17, 15) is 10.0 Å². The average molecular weight is 440 g/mol. The molecule has 7 heteroatoms. The number of hydroxylamine groups is 1. The molecule has 0 fully saturated rings. The Hall–Kier alpha value is -1.56. The third-order valence-electron chi connectivity index (χ3n) is 5.01. The van der Waals surface area contributed by atoms with Crippen molar-refractivity contribution >= 4 is 46.4 Å². The second-order valence-electron chi connectivity index (χ2n) is 6.72. The molecule has 3 rings (SSSR count). The molecule has 1 heterocycles. The SMILES string of the molecule is CC(C(C(=O)N(O)c1ccccc1)c1c(Cl)ccc(Cl)c1Cl)N1CC=CCC1. The Morgan fingerprint density at radius 1 is 1.07 bits per heavy atom. The van der Waals surface area contributed by atoms with E-state index in [1.54, 1.807) is 36.4 Å². The number of amides is 1. The van der Waals surface area contributed by atoms with E-state index in [2.05, 4.69) is 17.1 Å². The maximum absolute atomic E-state index is 13.4. The minimum atomic E-state index is -0.796. The molecule has 0 saturated heterocycles. The van der Waals surface area contributed by atoms with Gasteiger partial charge in [0.1, 0.15) is 0 Å². The van der Waals surface area contributed by atoms with Gasteiger partial charge >= 0.3 is 0 Å². The van der Waals surface area contributed by atoms with E-state index < -0.39 is 11.8 Å². The highest BCUT2D eigenvalue weighted by molar-refractivity contribution is 6.44. The number of rotatable bonds is 5. The number of halogens is 3. The summed E-state index contributed by atoms with van der Waals surface area (Å²) in [7, 11) is 0. The van der Waals surface area contributed by atoms with Crippen LogP contribution in [-0.4, -0.2) is 35.1 Å². The first-order valence-corrected chi connectivity index (χ1v) is 10.2. The van der Waals surface area contributed by atoms with Crippen LogP contribution in [0.4, 0.5) is 5.69 Å². The molecule has 1 aliphatic rings. The van der Waals surface area contributed by atoms with E-state index in [0.717, 1.165) is 13.0 Å². The van der Waals surface area contributed by atoms with Gasteiger partial charge in [-0.2, -0.15) is 5.06 Å². The van der Waals surface area contributed by atoms with Crippen LogP contribution in [0.15, 0.2) is 54.6 Å². The second-order valence-corrected chi connectivity index (χ2v) is 7.91. The van der Waals surface area contributed by atoms with Crippen molar-refractivity contribution in [1.29, 1.82) is 0 Å². The Kier molecular flexibility index (Phi) is 7.02. The highest BCUT2D eigenvalue weighted by atomic mass is 35.5. The lowest BCUT2D eigenvalue weighted by Gasteiger charge is -2.36. The van der Waals surface area contributed by atoms with Gasteiger partial charge in [0.15, 0.2) is 0 Å². The number of benzene rings is 2. The molecule has 2 aromatic carbocycles. The van der Waals surface area contributed by atoms with Crippen molar-refractivity contribution in [3.63, 3.8) is 0 Å². The zero-order chi connectivity index (χ0) is 20.3. The molecule has 0 radical (unpaired) electrons. The molecule has 2 aromatic rings. The number of hydrogen-bond donors (Lipinski definition) is 1. The lowest BCUT2D eigenvalue weighted by molar-refractivity contribution is -0.126. The first kappa shape index (κ1) is 21.2. The third-order valence-corrected chi connectivity index (χ3v) is 6.16. The van der Waals surface area contributed by atoms with Crippen LogP contribution < -0.4 is 5.06 Å². The second kappa shape index (κ2) is 9.29. The van der Waals surface area contributed by atoms with Crippen LogP contribution in [-0.2, 0) is 4.79 Å². The largest absolute Gasteiger partial charge is 0.296 e. The van der Waals surface area contributed by atoms with Crippen molar-refractivity contribution < 1.29 is 10.0 Å². The van der Waals surface area contributed by atoms with E-state index in [-0.39, 0.29) is 11.1 Å². The van der Waals surface area contributed by atoms with Crippen molar-refractivity contribution in [2.45, 2.75) is 25.3 Å². The van der Waals surface area contributed by atoms with Crippen molar-refractivity contribution in [3.05, 3.63) is 75.2 Å². The molecular weight excluding hydrogens is 419 g/mol. The summed E-state index contributed by atoms with van der Waals surface area (Å²) < 4.78 is 0. The Morgan fingerprint density at radius 2 is 1.75 bits per heavy atom. The maximum atomic E-state index is 13.4. The number of carbonyl (C=O) groups is 1. The Balaban J connectivity index is 2.05. The summed E-state index contributed by atoms with van der Waals surface area (Å²) in [6, 6.07) is 11.6. The van der Waals surface area contributed by atoms with Gasteiger partial charge in [0.05, 0.1) is 21.7 Å². The van der Waals surface area contributed by atoms with Crippen LogP contribution in [0.25, 0.3) is 0 Å². The summed E-state index contributed by atoms with van der Waals surface area (Å²) in [4.78, 5) is 15.6. The predicted octanol–water partition coefficient (Wildman–Crippen LogP) is 5.80. The van der Waals surface area contributed by atoms with Crippen molar-refractivity contribution in [2.75, 3.05) is 18.2 Å². The fraction of sp³-hybridized carbons (Fsp3) is 0.286. The minimum absolute atomic E-state index is 0.230. The molecule has 2 unspecified atom stereocenters. The molecule has 0 bridgehead atoms. The molecule has 0 saturated carbocycles. The fourth-order valence-electron chi connectivity index (χ4n) is 3.47. The molecular formula is C21H21Cl3N2O2. The molecule has 28 heavy (non-hydrogen) atoms. The predicted molar refractivity (Wildman–Crippen MR) is 115 cm³/mol. The number of anilines is 1. The fourth-order valence-corrected chi connectivity index (χ4v) is 4.24. The van der Waals surface area contributed by atoms with Gasteiger partial charge in [0.2, 0.25) is 0 Å². The monoisotopic (exact) mass is 438 g/mol. The minimum Gasteiger partial charge on any atom is -0.296 e. The van der Waals surface area contributed by atoms with Gasteiger partial charge in [-0.15, -0.1) is 0 Å². The molecule has 0 aliphatic carbocycles. The van der Waals surface area contributed by atoms with Gasteiger partial charge in [-0.05, 0) is 37.6 Å². The molecule has 1 aliphatic heterocycles. The molecule has 4 nitrogen and oxygen atoms in total. The molecule has 1 amide bonds. The zero-order valence-electron chi connectivity index (χ0n) is 15.4. The highest BCUT2D eigenvalue weighted by Crippen LogP contribution is 2.40. The van der Waals surface area contributed by atoms with E-state index in [4.69, 9.17) is 34.8 Å². The molecule has 1 N–H and O–H groups in total. The summed E-state index contributed by atoms with van der Waals surface area (Å²) in [6.45, 7) is 3.44. The molecule has 0 spiro atoms. The smallest absolute Gasteiger partial charge is 0.259 e. The quantitative estimate of drug-likeness (QED) is 0.277. The summed E-state index contributed by atoms with van der Waals surface area (Å²) in [5.41, 5.74) is 0.801. The lowest BCUT2D eigenvalue weighted by Crippen LogP contribution is -2.46. The Morgan fingerprint density at radius 3 is 2.39 bits per heavy atom. The number of nitrogens with zero attached hydrogens (tertiary/aromatic N) is 2. The summed E-state index contributed by atoms with van der Waals surface area (Å²) >= 11 is 19.1. The van der Waals surface area contributed by atoms with Gasteiger partial charge in [-0.3, -0.25) is 14.9 Å². The van der Waals surface area contributed by atoms with E-state index >= 15 is 0 Å². The van der Waals surface area contributed by atoms with E-state index in [1.807, 2.05) is 13.0 Å². The summed E-state index contributed by atoms with van der Waals surface area (Å²) in [5.74, 6) is -1.31. The van der Waals surface area contributed by atoms with Crippen molar-refractivity contribution in [1.82, 2.24) is 4.90 Å². The molecule has 2 atom stereocenters. The summed E-state index contributed by atoms with van der Waals surface area (Å²) in [6.07, 6.45) is 5.07. The summed E-state index contributed by atoms with van der Waals surface area (Å²) in [5, 5.41) is 12.2.